The summed E-state index contributed by atoms with van der Waals surface area (Å²) in [6, 6.07) is 0. The van der Waals surface area contributed by atoms with Gasteiger partial charge in [-0.2, -0.15) is 5.10 Å². The van der Waals surface area contributed by atoms with Gasteiger partial charge in [-0.3, -0.25) is 9.89 Å². The number of hydrogen-bond donors (Lipinski definition) is 2. The second-order valence-electron chi connectivity index (χ2n) is 3.01. The molecule has 6 nitrogen and oxygen atoms in total. The molecule has 0 aliphatic rings. The predicted molar refractivity (Wildman–Crippen MR) is 49.2 cm³/mol. The Balaban J connectivity index is 2.34. The number of aliphatic hydroxyl groups is 1. The first-order chi connectivity index (χ1) is 6.74. The molecule has 6 heteroatoms. The molecular formula is C8H14N4O2. The fourth-order valence-electron chi connectivity index (χ4n) is 1.04. The summed E-state index contributed by atoms with van der Waals surface area (Å²) in [7, 11) is 1.70. The maximum atomic E-state index is 11.4. The van der Waals surface area contributed by atoms with E-state index in [1.54, 1.807) is 11.9 Å². The topological polar surface area (TPSA) is 82.1 Å². The molecule has 78 valence electrons. The second kappa shape index (κ2) is 5.33. The second-order valence-corrected chi connectivity index (χ2v) is 3.01. The Bertz CT molecular complexity index is 273. The van der Waals surface area contributed by atoms with Crippen LogP contribution in [0.4, 0.5) is 0 Å². The third kappa shape index (κ3) is 3.14. The number of aliphatic hydroxyl groups excluding tert-OH is 1. The number of aromatic nitrogens is 3. The lowest BCUT2D eigenvalue weighted by atomic mass is 10.3. The number of H-pyrrole nitrogens is 1. The smallest absolute Gasteiger partial charge is 0.222 e. The number of nitrogens with one attached hydrogen (secondary N) is 1. The van der Waals surface area contributed by atoms with E-state index in [-0.39, 0.29) is 12.5 Å². The molecule has 0 spiro atoms. The Morgan fingerprint density at radius 2 is 2.50 bits per heavy atom. The molecule has 0 saturated heterocycles. The number of nitrogens with zero attached hydrogens (tertiary/aromatic N) is 3. The van der Waals surface area contributed by atoms with Crippen molar-refractivity contribution < 1.29 is 9.90 Å². The number of rotatable bonds is 5. The lowest BCUT2D eigenvalue weighted by Gasteiger charge is -2.14. The zero-order valence-electron chi connectivity index (χ0n) is 8.10. The minimum absolute atomic E-state index is 0.00421. The summed E-state index contributed by atoms with van der Waals surface area (Å²) >= 11 is 0. The third-order valence-corrected chi connectivity index (χ3v) is 1.83. The molecule has 2 N–H and O–H groups in total. The minimum Gasteiger partial charge on any atom is -0.396 e. The van der Waals surface area contributed by atoms with Gasteiger partial charge in [0.15, 0.2) is 0 Å². The van der Waals surface area contributed by atoms with Crippen LogP contribution in [0.2, 0.25) is 0 Å². The average molecular weight is 198 g/mol. The van der Waals surface area contributed by atoms with Gasteiger partial charge in [0.2, 0.25) is 5.91 Å². The van der Waals surface area contributed by atoms with Crippen LogP contribution < -0.4 is 0 Å². The molecule has 1 heterocycles. The van der Waals surface area contributed by atoms with Crippen LogP contribution in [0.25, 0.3) is 0 Å². The van der Waals surface area contributed by atoms with Gasteiger partial charge in [-0.1, -0.05) is 0 Å². The van der Waals surface area contributed by atoms with Crippen LogP contribution in [0.1, 0.15) is 18.7 Å². The van der Waals surface area contributed by atoms with Crippen molar-refractivity contribution in [3.63, 3.8) is 0 Å². The zero-order valence-corrected chi connectivity index (χ0v) is 8.10. The quantitative estimate of drug-likeness (QED) is 0.670. The average Bonchev–Trinajstić information content (AvgIpc) is 2.66. The van der Waals surface area contributed by atoms with Crippen molar-refractivity contribution in [1.82, 2.24) is 20.1 Å². The molecule has 1 aromatic heterocycles. The Hall–Kier alpha value is -1.43. The number of aromatic amines is 1. The number of carbonyl (C=O) groups excluding carboxylic acids is 1. The number of amides is 1. The summed E-state index contributed by atoms with van der Waals surface area (Å²) in [5, 5.41) is 14.9. The SMILES string of the molecule is CN(Cc1ncn[nH]1)C(=O)CCCO. The first-order valence-electron chi connectivity index (χ1n) is 4.43. The normalized spacial score (nSPS) is 10.1. The van der Waals surface area contributed by atoms with Crippen LogP contribution >= 0.6 is 0 Å². The highest BCUT2D eigenvalue weighted by Crippen LogP contribution is 1.99. The first-order valence-corrected chi connectivity index (χ1v) is 4.43. The van der Waals surface area contributed by atoms with Gasteiger partial charge >= 0.3 is 0 Å². The lowest BCUT2D eigenvalue weighted by molar-refractivity contribution is -0.130. The Labute approximate surface area is 82.0 Å². The first kappa shape index (κ1) is 10.6. The molecular weight excluding hydrogens is 184 g/mol. The van der Waals surface area contributed by atoms with Crippen molar-refractivity contribution in [3.05, 3.63) is 12.2 Å². The third-order valence-electron chi connectivity index (χ3n) is 1.83. The highest BCUT2D eigenvalue weighted by atomic mass is 16.3. The van der Waals surface area contributed by atoms with Crippen LogP contribution in [0.15, 0.2) is 6.33 Å². The van der Waals surface area contributed by atoms with Gasteiger partial charge in [0.25, 0.3) is 0 Å². The minimum atomic E-state index is -0.00421. The molecule has 1 aromatic rings. The Kier molecular flexibility index (Phi) is 4.06. The molecule has 0 saturated carbocycles. The fourth-order valence-corrected chi connectivity index (χ4v) is 1.04. The summed E-state index contributed by atoms with van der Waals surface area (Å²) in [5.74, 6) is 0.653. The van der Waals surface area contributed by atoms with E-state index in [0.717, 1.165) is 0 Å². The van der Waals surface area contributed by atoms with Crippen LogP contribution in [0.5, 0.6) is 0 Å². The van der Waals surface area contributed by atoms with Crippen LogP contribution in [-0.4, -0.2) is 44.7 Å². The summed E-state index contributed by atoms with van der Waals surface area (Å²) in [6.07, 6.45) is 2.27. The summed E-state index contributed by atoms with van der Waals surface area (Å²) < 4.78 is 0. The van der Waals surface area contributed by atoms with E-state index in [0.29, 0.717) is 25.2 Å². The van der Waals surface area contributed by atoms with Gasteiger partial charge in [0, 0.05) is 20.1 Å². The number of hydrogen-bond acceptors (Lipinski definition) is 4. The monoisotopic (exact) mass is 198 g/mol. The molecule has 0 unspecified atom stereocenters. The van der Waals surface area contributed by atoms with Crippen molar-refractivity contribution >= 4 is 5.91 Å². The molecule has 0 fully saturated rings. The highest BCUT2D eigenvalue weighted by molar-refractivity contribution is 5.75. The Morgan fingerprint density at radius 3 is 3.07 bits per heavy atom. The van der Waals surface area contributed by atoms with E-state index in [1.807, 2.05) is 0 Å². The standard InChI is InChI=1S/C8H14N4O2/c1-12(8(14)3-2-4-13)5-7-9-6-10-11-7/h6,13H,2-5H2,1H3,(H,9,10,11). The highest BCUT2D eigenvalue weighted by Gasteiger charge is 2.09. The molecule has 1 amide bonds. The van der Waals surface area contributed by atoms with Crippen molar-refractivity contribution in [3.8, 4) is 0 Å². The van der Waals surface area contributed by atoms with E-state index in [1.165, 1.54) is 6.33 Å². The fraction of sp³-hybridized carbons (Fsp3) is 0.625. The van der Waals surface area contributed by atoms with Crippen LogP contribution in [0, 0.1) is 0 Å². The van der Waals surface area contributed by atoms with Crippen molar-refractivity contribution in [1.29, 1.82) is 0 Å². The molecule has 0 aliphatic carbocycles. The zero-order chi connectivity index (χ0) is 10.4. The van der Waals surface area contributed by atoms with Gasteiger partial charge < -0.3 is 10.0 Å². The van der Waals surface area contributed by atoms with Gasteiger partial charge in [-0.25, -0.2) is 4.98 Å². The van der Waals surface area contributed by atoms with Gasteiger partial charge in [-0.15, -0.1) is 0 Å². The molecule has 1 rings (SSSR count). The largest absolute Gasteiger partial charge is 0.396 e. The van der Waals surface area contributed by atoms with E-state index in [4.69, 9.17) is 5.11 Å². The summed E-state index contributed by atoms with van der Waals surface area (Å²) in [6.45, 7) is 0.464. The van der Waals surface area contributed by atoms with Crippen molar-refractivity contribution in [2.75, 3.05) is 13.7 Å². The molecule has 0 radical (unpaired) electrons. The van der Waals surface area contributed by atoms with Crippen molar-refractivity contribution in [2.24, 2.45) is 0 Å². The van der Waals surface area contributed by atoms with Gasteiger partial charge in [0.05, 0.1) is 6.54 Å². The Morgan fingerprint density at radius 1 is 1.71 bits per heavy atom. The van der Waals surface area contributed by atoms with Gasteiger partial charge in [-0.05, 0) is 6.42 Å². The molecule has 14 heavy (non-hydrogen) atoms. The summed E-state index contributed by atoms with van der Waals surface area (Å²) in [4.78, 5) is 16.8. The molecule has 0 aliphatic heterocycles. The van der Waals surface area contributed by atoms with Crippen LogP contribution in [0.3, 0.4) is 0 Å². The maximum Gasteiger partial charge on any atom is 0.222 e. The van der Waals surface area contributed by atoms with E-state index in [9.17, 15) is 4.79 Å². The van der Waals surface area contributed by atoms with E-state index in [2.05, 4.69) is 15.2 Å². The lowest BCUT2D eigenvalue weighted by Crippen LogP contribution is -2.26. The van der Waals surface area contributed by atoms with Gasteiger partial charge in [0.1, 0.15) is 12.2 Å². The predicted octanol–water partition coefficient (Wildman–Crippen LogP) is -0.464. The van der Waals surface area contributed by atoms with E-state index >= 15 is 0 Å². The molecule has 0 bridgehead atoms. The molecule has 0 aromatic carbocycles. The maximum absolute atomic E-state index is 11.4. The molecule has 0 atom stereocenters. The summed E-state index contributed by atoms with van der Waals surface area (Å²) in [5.41, 5.74) is 0. The van der Waals surface area contributed by atoms with Crippen molar-refractivity contribution in [2.45, 2.75) is 19.4 Å². The number of carbonyl (C=O) groups is 1. The van der Waals surface area contributed by atoms with E-state index < -0.39 is 0 Å². The van der Waals surface area contributed by atoms with Crippen LogP contribution in [-0.2, 0) is 11.3 Å².